The van der Waals surface area contributed by atoms with Gasteiger partial charge in [-0.25, -0.2) is 4.98 Å². The Hall–Kier alpha value is -0.320. The molecular weight excluding hydrogens is 266 g/mol. The van der Waals surface area contributed by atoms with Crippen molar-refractivity contribution in [1.82, 2.24) is 10.3 Å². The molecule has 0 fully saturated rings. The molecule has 1 aliphatic rings. The molecule has 2 rings (SSSR count). The van der Waals surface area contributed by atoms with Crippen molar-refractivity contribution in [2.75, 3.05) is 18.4 Å². The molecule has 18 heavy (non-hydrogen) atoms. The zero-order chi connectivity index (χ0) is 12.1. The summed E-state index contributed by atoms with van der Waals surface area (Å²) in [6.07, 6.45) is 5.92. The average Bonchev–Trinajstić information content (AvgIpc) is 2.75. The first kappa shape index (κ1) is 15.7. The molecule has 1 aromatic rings. The molecule has 2 N–H and O–H groups in total. The topological polar surface area (TPSA) is 37.0 Å². The van der Waals surface area contributed by atoms with Gasteiger partial charge in [0.05, 0.1) is 5.69 Å². The number of fused-ring (bicyclic) bond motifs is 1. The molecule has 0 bridgehead atoms. The number of aryl methyl sites for hydroxylation is 1. The number of halogens is 1. The highest BCUT2D eigenvalue weighted by Gasteiger charge is 2.21. The van der Waals surface area contributed by atoms with E-state index >= 15 is 0 Å². The van der Waals surface area contributed by atoms with Gasteiger partial charge < -0.3 is 10.6 Å². The van der Waals surface area contributed by atoms with Crippen LogP contribution in [0, 0.1) is 0 Å². The number of anilines is 1. The van der Waals surface area contributed by atoms with Crippen molar-refractivity contribution in [2.45, 2.75) is 52.0 Å². The Kier molecular flexibility index (Phi) is 6.97. The van der Waals surface area contributed by atoms with Crippen LogP contribution in [0.4, 0.5) is 5.13 Å². The van der Waals surface area contributed by atoms with E-state index in [0.29, 0.717) is 6.04 Å². The molecule has 0 unspecified atom stereocenters. The van der Waals surface area contributed by atoms with E-state index in [-0.39, 0.29) is 12.4 Å². The van der Waals surface area contributed by atoms with Crippen LogP contribution in [0.2, 0.25) is 0 Å². The van der Waals surface area contributed by atoms with E-state index in [9.17, 15) is 0 Å². The Bertz CT molecular complexity index is 354. The van der Waals surface area contributed by atoms with Crippen LogP contribution >= 0.6 is 23.7 Å². The van der Waals surface area contributed by atoms with Gasteiger partial charge in [0, 0.05) is 17.5 Å². The van der Waals surface area contributed by atoms with Crippen LogP contribution in [-0.2, 0) is 12.8 Å². The van der Waals surface area contributed by atoms with Gasteiger partial charge in [-0.1, -0.05) is 13.8 Å². The molecule has 0 amide bonds. The Morgan fingerprint density at radius 2 is 2.06 bits per heavy atom. The molecule has 0 spiro atoms. The largest absolute Gasteiger partial charge is 0.362 e. The first-order valence-corrected chi connectivity index (χ1v) is 7.61. The zero-order valence-corrected chi connectivity index (χ0v) is 12.9. The van der Waals surface area contributed by atoms with Crippen molar-refractivity contribution in [3.63, 3.8) is 0 Å². The van der Waals surface area contributed by atoms with E-state index in [1.165, 1.54) is 29.8 Å². The molecule has 104 valence electrons. The third-order valence-electron chi connectivity index (χ3n) is 3.15. The Balaban J connectivity index is 0.00000162. The van der Waals surface area contributed by atoms with E-state index in [1.807, 2.05) is 11.3 Å². The predicted molar refractivity (Wildman–Crippen MR) is 82.2 cm³/mol. The highest BCUT2D eigenvalue weighted by molar-refractivity contribution is 7.15. The smallest absolute Gasteiger partial charge is 0.183 e. The standard InChI is InChI=1S/C13H23N3S.ClH/c1-3-7-14-10-5-6-11-12(9-10)17-13(16-11)15-8-4-2;/h10,14H,3-9H2,1-2H3,(H,15,16);1H/t10-;/m0./s1. The molecule has 0 aliphatic heterocycles. The maximum absolute atomic E-state index is 4.68. The third-order valence-corrected chi connectivity index (χ3v) is 4.23. The summed E-state index contributed by atoms with van der Waals surface area (Å²) in [5.41, 5.74) is 1.34. The van der Waals surface area contributed by atoms with Gasteiger partial charge in [-0.3, -0.25) is 0 Å². The number of aromatic nitrogens is 1. The van der Waals surface area contributed by atoms with E-state index in [4.69, 9.17) is 0 Å². The maximum atomic E-state index is 4.68. The summed E-state index contributed by atoms with van der Waals surface area (Å²) < 4.78 is 0. The quantitative estimate of drug-likeness (QED) is 0.844. The van der Waals surface area contributed by atoms with Crippen molar-refractivity contribution >= 4 is 28.9 Å². The number of nitrogens with one attached hydrogen (secondary N) is 2. The van der Waals surface area contributed by atoms with Gasteiger partial charge in [-0.15, -0.1) is 23.7 Å². The minimum absolute atomic E-state index is 0. The van der Waals surface area contributed by atoms with E-state index in [0.717, 1.165) is 31.1 Å². The number of nitrogens with zero attached hydrogens (tertiary/aromatic N) is 1. The molecular formula is C13H24ClN3S. The molecule has 1 heterocycles. The van der Waals surface area contributed by atoms with Gasteiger partial charge in [-0.2, -0.15) is 0 Å². The van der Waals surface area contributed by atoms with Crippen molar-refractivity contribution in [3.05, 3.63) is 10.6 Å². The summed E-state index contributed by atoms with van der Waals surface area (Å²) in [6, 6.07) is 0.668. The normalized spacial score (nSPS) is 18.0. The highest BCUT2D eigenvalue weighted by atomic mass is 35.5. The lowest BCUT2D eigenvalue weighted by molar-refractivity contribution is 0.460. The number of hydrogen-bond acceptors (Lipinski definition) is 4. The molecule has 1 aromatic heterocycles. The first-order valence-electron chi connectivity index (χ1n) is 6.79. The van der Waals surface area contributed by atoms with Gasteiger partial charge in [0.15, 0.2) is 5.13 Å². The number of thiazole rings is 1. The van der Waals surface area contributed by atoms with Crippen molar-refractivity contribution in [1.29, 1.82) is 0 Å². The van der Waals surface area contributed by atoms with E-state index < -0.39 is 0 Å². The van der Waals surface area contributed by atoms with Gasteiger partial charge >= 0.3 is 0 Å². The van der Waals surface area contributed by atoms with Crippen molar-refractivity contribution < 1.29 is 0 Å². The molecule has 3 nitrogen and oxygen atoms in total. The fourth-order valence-corrected chi connectivity index (χ4v) is 3.32. The second-order valence-corrected chi connectivity index (χ2v) is 5.79. The average molecular weight is 290 g/mol. The summed E-state index contributed by atoms with van der Waals surface area (Å²) in [7, 11) is 0. The lowest BCUT2D eigenvalue weighted by Crippen LogP contribution is -2.34. The van der Waals surface area contributed by atoms with Crippen LogP contribution in [0.1, 0.15) is 43.7 Å². The maximum Gasteiger partial charge on any atom is 0.183 e. The van der Waals surface area contributed by atoms with Gasteiger partial charge in [0.1, 0.15) is 0 Å². The monoisotopic (exact) mass is 289 g/mol. The summed E-state index contributed by atoms with van der Waals surface area (Å²) in [5.74, 6) is 0. The van der Waals surface area contributed by atoms with E-state index in [1.54, 1.807) is 0 Å². The molecule has 0 radical (unpaired) electrons. The van der Waals surface area contributed by atoms with Crippen LogP contribution in [-0.4, -0.2) is 24.1 Å². The molecule has 1 atom stereocenters. The molecule has 5 heteroatoms. The van der Waals surface area contributed by atoms with Crippen molar-refractivity contribution in [2.24, 2.45) is 0 Å². The fraction of sp³-hybridized carbons (Fsp3) is 0.769. The van der Waals surface area contributed by atoms with Crippen LogP contribution in [0.3, 0.4) is 0 Å². The van der Waals surface area contributed by atoms with Crippen LogP contribution in [0.5, 0.6) is 0 Å². The Morgan fingerprint density at radius 3 is 2.78 bits per heavy atom. The van der Waals surface area contributed by atoms with Crippen LogP contribution < -0.4 is 10.6 Å². The Labute approximate surface area is 120 Å². The molecule has 0 saturated heterocycles. The Morgan fingerprint density at radius 1 is 1.28 bits per heavy atom. The summed E-state index contributed by atoms with van der Waals surface area (Å²) in [5, 5.41) is 8.14. The lowest BCUT2D eigenvalue weighted by atomic mass is 9.98. The van der Waals surface area contributed by atoms with Crippen LogP contribution in [0.25, 0.3) is 0 Å². The molecule has 0 saturated carbocycles. The summed E-state index contributed by atoms with van der Waals surface area (Å²) in [6.45, 7) is 6.58. The second-order valence-electron chi connectivity index (χ2n) is 4.71. The SMILES string of the molecule is CCCNc1nc2c(s1)C[C@@H](NCCC)CC2.Cl. The number of rotatable bonds is 6. The zero-order valence-electron chi connectivity index (χ0n) is 11.3. The third kappa shape index (κ3) is 4.11. The fourth-order valence-electron chi connectivity index (χ4n) is 2.21. The lowest BCUT2D eigenvalue weighted by Gasteiger charge is -2.21. The minimum Gasteiger partial charge on any atom is -0.362 e. The minimum atomic E-state index is 0. The van der Waals surface area contributed by atoms with E-state index in [2.05, 4.69) is 29.5 Å². The van der Waals surface area contributed by atoms with Gasteiger partial charge in [0.2, 0.25) is 0 Å². The molecule has 0 aromatic carbocycles. The summed E-state index contributed by atoms with van der Waals surface area (Å²) >= 11 is 1.85. The van der Waals surface area contributed by atoms with Gasteiger partial charge in [0.25, 0.3) is 0 Å². The van der Waals surface area contributed by atoms with Crippen molar-refractivity contribution in [3.8, 4) is 0 Å². The van der Waals surface area contributed by atoms with Crippen LogP contribution in [0.15, 0.2) is 0 Å². The van der Waals surface area contributed by atoms with Gasteiger partial charge in [-0.05, 0) is 38.6 Å². The highest BCUT2D eigenvalue weighted by Crippen LogP contribution is 2.29. The molecule has 1 aliphatic carbocycles. The number of hydrogen-bond donors (Lipinski definition) is 2. The second kappa shape index (κ2) is 7.97. The first-order chi connectivity index (χ1) is 8.33. The summed E-state index contributed by atoms with van der Waals surface area (Å²) in [4.78, 5) is 6.17. The predicted octanol–water partition coefficient (Wildman–Crippen LogP) is 3.24.